The molecule has 0 fully saturated rings. The summed E-state index contributed by atoms with van der Waals surface area (Å²) in [6.45, 7) is 0.534. The first-order chi connectivity index (χ1) is 9.99. The average Bonchev–Trinajstić information content (AvgIpc) is 2.41. The van der Waals surface area contributed by atoms with E-state index in [9.17, 15) is 14.4 Å². The van der Waals surface area contributed by atoms with Crippen LogP contribution in [0.2, 0.25) is 0 Å². The summed E-state index contributed by atoms with van der Waals surface area (Å²) in [5.41, 5.74) is -0.220. The zero-order valence-electron chi connectivity index (χ0n) is 11.7. The summed E-state index contributed by atoms with van der Waals surface area (Å²) in [6, 6.07) is 3.04. The summed E-state index contributed by atoms with van der Waals surface area (Å²) in [4.78, 5) is 33.5. The van der Waals surface area contributed by atoms with Crippen LogP contribution in [-0.2, 0) is 16.1 Å². The highest BCUT2D eigenvalue weighted by Gasteiger charge is 2.04. The van der Waals surface area contributed by atoms with E-state index in [1.807, 2.05) is 0 Å². The molecule has 7 heteroatoms. The van der Waals surface area contributed by atoms with Gasteiger partial charge in [0.2, 0.25) is 5.91 Å². The predicted molar refractivity (Wildman–Crippen MR) is 82.1 cm³/mol. The molecule has 1 aromatic heterocycles. The lowest BCUT2D eigenvalue weighted by atomic mass is 10.1. The summed E-state index contributed by atoms with van der Waals surface area (Å²) in [5.74, 6) is -0.983. The molecule has 1 heterocycles. The van der Waals surface area contributed by atoms with Gasteiger partial charge in [-0.1, -0.05) is 12.8 Å². The summed E-state index contributed by atoms with van der Waals surface area (Å²) >= 11 is 3.25. The number of carbonyl (C=O) groups excluding carboxylic acids is 1. The molecule has 2 N–H and O–H groups in total. The number of hydrogen-bond acceptors (Lipinski definition) is 3. The van der Waals surface area contributed by atoms with Crippen LogP contribution in [0.15, 0.2) is 27.6 Å². The Morgan fingerprint density at radius 3 is 2.62 bits per heavy atom. The molecule has 0 aliphatic heterocycles. The molecule has 1 aromatic rings. The summed E-state index contributed by atoms with van der Waals surface area (Å²) in [5, 5.41) is 11.2. The number of nitrogens with one attached hydrogen (secondary N) is 1. The fourth-order valence-corrected chi connectivity index (χ4v) is 2.20. The van der Waals surface area contributed by atoms with Crippen LogP contribution in [0.25, 0.3) is 0 Å². The maximum atomic E-state index is 11.7. The molecule has 0 aromatic carbocycles. The predicted octanol–water partition coefficient (Wildman–Crippen LogP) is 1.76. The topological polar surface area (TPSA) is 88.4 Å². The van der Waals surface area contributed by atoms with Crippen molar-refractivity contribution in [1.82, 2.24) is 9.88 Å². The van der Waals surface area contributed by atoms with E-state index in [4.69, 9.17) is 5.11 Å². The van der Waals surface area contributed by atoms with Crippen molar-refractivity contribution in [2.75, 3.05) is 6.54 Å². The highest BCUT2D eigenvalue weighted by Crippen LogP contribution is 2.05. The third-order valence-electron chi connectivity index (χ3n) is 2.90. The summed E-state index contributed by atoms with van der Waals surface area (Å²) < 4.78 is 2.08. The number of pyridine rings is 1. The fraction of sp³-hybridized carbons (Fsp3) is 0.500. The minimum Gasteiger partial charge on any atom is -0.481 e. The molecule has 0 spiro atoms. The third kappa shape index (κ3) is 7.65. The maximum absolute atomic E-state index is 11.7. The van der Waals surface area contributed by atoms with E-state index in [2.05, 4.69) is 21.2 Å². The van der Waals surface area contributed by atoms with Gasteiger partial charge in [-0.05, 0) is 34.8 Å². The lowest BCUT2D eigenvalue weighted by Crippen LogP contribution is -2.32. The number of aliphatic carboxylic acids is 1. The molecule has 1 amide bonds. The Labute approximate surface area is 131 Å². The van der Waals surface area contributed by atoms with Crippen LogP contribution in [0.1, 0.15) is 32.1 Å². The van der Waals surface area contributed by atoms with E-state index < -0.39 is 5.97 Å². The van der Waals surface area contributed by atoms with Crippen LogP contribution in [0.3, 0.4) is 0 Å². The summed E-state index contributed by atoms with van der Waals surface area (Å²) in [6.07, 6.45) is 4.96. The van der Waals surface area contributed by atoms with Gasteiger partial charge in [0.25, 0.3) is 5.56 Å². The second kappa shape index (κ2) is 9.33. The van der Waals surface area contributed by atoms with E-state index in [1.54, 1.807) is 12.3 Å². The molecule has 6 nitrogen and oxygen atoms in total. The van der Waals surface area contributed by atoms with E-state index in [0.29, 0.717) is 13.0 Å². The molecule has 0 aliphatic carbocycles. The van der Waals surface area contributed by atoms with Gasteiger partial charge in [0, 0.05) is 29.7 Å². The van der Waals surface area contributed by atoms with Gasteiger partial charge in [-0.2, -0.15) is 0 Å². The second-order valence-corrected chi connectivity index (χ2v) is 5.64. The SMILES string of the molecule is O=C(O)CCCCCCNC(=O)Cn1cc(Br)ccc1=O. The number of carboxylic acids is 1. The molecule has 0 bridgehead atoms. The largest absolute Gasteiger partial charge is 0.481 e. The fourth-order valence-electron chi connectivity index (χ4n) is 1.82. The average molecular weight is 359 g/mol. The van der Waals surface area contributed by atoms with Gasteiger partial charge >= 0.3 is 5.97 Å². The Hall–Kier alpha value is -1.63. The monoisotopic (exact) mass is 358 g/mol. The molecule has 0 saturated carbocycles. The van der Waals surface area contributed by atoms with Crippen LogP contribution in [-0.4, -0.2) is 28.1 Å². The molecular formula is C14H19BrN2O4. The van der Waals surface area contributed by atoms with Gasteiger partial charge in [0.1, 0.15) is 6.54 Å². The van der Waals surface area contributed by atoms with E-state index in [-0.39, 0.29) is 24.4 Å². The number of unbranched alkanes of at least 4 members (excludes halogenated alkanes) is 3. The van der Waals surface area contributed by atoms with Gasteiger partial charge in [0.15, 0.2) is 0 Å². The van der Waals surface area contributed by atoms with Crippen LogP contribution in [0, 0.1) is 0 Å². The van der Waals surface area contributed by atoms with Gasteiger partial charge in [-0.25, -0.2) is 0 Å². The number of hydrogen-bond donors (Lipinski definition) is 2. The smallest absolute Gasteiger partial charge is 0.303 e. The van der Waals surface area contributed by atoms with Crippen LogP contribution >= 0.6 is 15.9 Å². The normalized spacial score (nSPS) is 10.3. The van der Waals surface area contributed by atoms with Crippen molar-refractivity contribution in [3.63, 3.8) is 0 Å². The molecule has 0 unspecified atom stereocenters. The maximum Gasteiger partial charge on any atom is 0.303 e. The van der Waals surface area contributed by atoms with Crippen molar-refractivity contribution < 1.29 is 14.7 Å². The van der Waals surface area contributed by atoms with Gasteiger partial charge in [-0.15, -0.1) is 0 Å². The number of aromatic nitrogens is 1. The lowest BCUT2D eigenvalue weighted by molar-refractivity contribution is -0.137. The standard InChI is InChI=1S/C14H19BrN2O4/c15-11-6-7-13(19)17(9-11)10-12(18)16-8-4-2-1-3-5-14(20)21/h6-7,9H,1-5,8,10H2,(H,16,18)(H,20,21). The number of halogens is 1. The number of amides is 1. The molecule has 0 saturated heterocycles. The number of rotatable bonds is 9. The van der Waals surface area contributed by atoms with Gasteiger partial charge in [0.05, 0.1) is 0 Å². The summed E-state index contributed by atoms with van der Waals surface area (Å²) in [7, 11) is 0. The van der Waals surface area contributed by atoms with Gasteiger partial charge < -0.3 is 15.0 Å². The Morgan fingerprint density at radius 2 is 1.90 bits per heavy atom. The van der Waals surface area contributed by atoms with Crippen molar-refractivity contribution >= 4 is 27.8 Å². The molecular weight excluding hydrogens is 340 g/mol. The molecule has 0 radical (unpaired) electrons. The first kappa shape index (κ1) is 17.4. The Bertz CT molecular complexity index is 542. The molecule has 0 aliphatic rings. The van der Waals surface area contributed by atoms with Crippen LogP contribution in [0.5, 0.6) is 0 Å². The molecule has 1 rings (SSSR count). The molecule has 0 atom stereocenters. The first-order valence-electron chi connectivity index (χ1n) is 6.83. The Kier molecular flexibility index (Phi) is 7.74. The second-order valence-electron chi connectivity index (χ2n) is 4.72. The van der Waals surface area contributed by atoms with Crippen molar-refractivity contribution in [2.24, 2.45) is 0 Å². The third-order valence-corrected chi connectivity index (χ3v) is 3.37. The number of carbonyl (C=O) groups is 2. The highest BCUT2D eigenvalue weighted by molar-refractivity contribution is 9.10. The van der Waals surface area contributed by atoms with Crippen molar-refractivity contribution in [2.45, 2.75) is 38.6 Å². The Morgan fingerprint density at radius 1 is 1.19 bits per heavy atom. The van der Waals surface area contributed by atoms with Crippen molar-refractivity contribution in [3.8, 4) is 0 Å². The van der Waals surface area contributed by atoms with Crippen molar-refractivity contribution in [3.05, 3.63) is 33.2 Å². The van der Waals surface area contributed by atoms with Crippen LogP contribution in [0.4, 0.5) is 0 Å². The lowest BCUT2D eigenvalue weighted by Gasteiger charge is -2.07. The molecule has 116 valence electrons. The van der Waals surface area contributed by atoms with E-state index in [0.717, 1.165) is 23.7 Å². The van der Waals surface area contributed by atoms with Crippen molar-refractivity contribution in [1.29, 1.82) is 0 Å². The van der Waals surface area contributed by atoms with E-state index in [1.165, 1.54) is 10.6 Å². The van der Waals surface area contributed by atoms with E-state index >= 15 is 0 Å². The zero-order valence-corrected chi connectivity index (χ0v) is 13.3. The minimum absolute atomic E-state index is 0.00269. The first-order valence-corrected chi connectivity index (χ1v) is 7.63. The minimum atomic E-state index is -0.775. The zero-order chi connectivity index (χ0) is 15.7. The molecule has 21 heavy (non-hydrogen) atoms. The van der Waals surface area contributed by atoms with Crippen LogP contribution < -0.4 is 10.9 Å². The number of nitrogens with zero attached hydrogens (tertiary/aromatic N) is 1. The highest BCUT2D eigenvalue weighted by atomic mass is 79.9. The van der Waals surface area contributed by atoms with Gasteiger partial charge in [-0.3, -0.25) is 14.4 Å². The quantitative estimate of drug-likeness (QED) is 0.658. The Balaban J connectivity index is 2.18. The number of carboxylic acid groups (broad SMARTS) is 1.